The minimum atomic E-state index is -0.560. The Kier molecular flexibility index (Phi) is 13.8. The highest BCUT2D eigenvalue weighted by atomic mass is 16.3. The van der Waals surface area contributed by atoms with Gasteiger partial charge in [-0.15, -0.1) is 0 Å². The topological polar surface area (TPSA) is 46.9 Å². The van der Waals surface area contributed by atoms with E-state index in [4.69, 9.17) is 0 Å². The van der Waals surface area contributed by atoms with Crippen LogP contribution < -0.4 is 0 Å². The zero-order chi connectivity index (χ0) is 20.1. The van der Waals surface area contributed by atoms with E-state index in [-0.39, 0.29) is 0 Å². The zero-order valence-electron chi connectivity index (χ0n) is 18.7. The van der Waals surface area contributed by atoms with E-state index in [1.54, 1.807) is 0 Å². The van der Waals surface area contributed by atoms with Crippen LogP contribution in [-0.4, -0.2) is 70.5 Å². The molecule has 0 rings (SSSR count). The minimum absolute atomic E-state index is 0.560. The van der Waals surface area contributed by atoms with E-state index in [2.05, 4.69) is 37.5 Å². The fourth-order valence-corrected chi connectivity index (χ4v) is 3.73. The Morgan fingerprint density at radius 2 is 0.808 bits per heavy atom. The summed E-state index contributed by atoms with van der Waals surface area (Å²) in [5, 5.41) is 21.0. The highest BCUT2D eigenvalue weighted by Gasteiger charge is 2.23. The molecule has 4 nitrogen and oxygen atoms in total. The van der Waals surface area contributed by atoms with E-state index >= 15 is 0 Å². The van der Waals surface area contributed by atoms with E-state index in [9.17, 15) is 10.2 Å². The van der Waals surface area contributed by atoms with Crippen molar-refractivity contribution in [2.75, 3.05) is 39.3 Å². The van der Waals surface area contributed by atoms with Crippen molar-refractivity contribution in [1.82, 2.24) is 9.80 Å². The molecule has 0 aliphatic carbocycles. The molecule has 4 heteroatoms. The number of likely N-dealkylation sites (N-methyl/N-ethyl adjacent to an activating group) is 2. The maximum absolute atomic E-state index is 10.5. The van der Waals surface area contributed by atoms with Crippen molar-refractivity contribution in [3.8, 4) is 0 Å². The first-order valence-corrected chi connectivity index (χ1v) is 11.1. The summed E-state index contributed by atoms with van der Waals surface area (Å²) in [5.41, 5.74) is -1.12. The Hall–Kier alpha value is -0.160. The molecular formula is C22H48N2O2. The van der Waals surface area contributed by atoms with E-state index in [0.29, 0.717) is 0 Å². The first kappa shape index (κ1) is 25.8. The molecule has 2 atom stereocenters. The third kappa shape index (κ3) is 13.1. The molecule has 2 N–H and O–H groups in total. The molecule has 0 saturated carbocycles. The van der Waals surface area contributed by atoms with Gasteiger partial charge in [0.25, 0.3) is 0 Å². The molecule has 0 aliphatic heterocycles. The Labute approximate surface area is 164 Å². The third-order valence-electron chi connectivity index (χ3n) is 5.60. The highest BCUT2D eigenvalue weighted by molar-refractivity contribution is 4.78. The van der Waals surface area contributed by atoms with Crippen molar-refractivity contribution < 1.29 is 10.2 Å². The molecule has 0 bridgehead atoms. The molecule has 0 fully saturated rings. The summed E-state index contributed by atoms with van der Waals surface area (Å²) in [6, 6.07) is 0. The van der Waals surface area contributed by atoms with Crippen molar-refractivity contribution in [3.05, 3.63) is 0 Å². The summed E-state index contributed by atoms with van der Waals surface area (Å²) in [7, 11) is 0. The first-order valence-electron chi connectivity index (χ1n) is 11.1. The van der Waals surface area contributed by atoms with Crippen LogP contribution in [-0.2, 0) is 0 Å². The fraction of sp³-hybridized carbons (Fsp3) is 1.00. The average Bonchev–Trinajstić information content (AvgIpc) is 2.59. The lowest BCUT2D eigenvalue weighted by molar-refractivity contribution is 0.0117. The summed E-state index contributed by atoms with van der Waals surface area (Å²) in [6.45, 7) is 18.1. The lowest BCUT2D eigenvalue weighted by atomic mass is 9.95. The molecule has 0 saturated heterocycles. The first-order chi connectivity index (χ1) is 12.2. The summed E-state index contributed by atoms with van der Waals surface area (Å²) in [6.07, 6.45) is 8.86. The smallest absolute Gasteiger partial charge is 0.0746 e. The number of hydrogen-bond donors (Lipinski definition) is 2. The van der Waals surface area contributed by atoms with Crippen LogP contribution >= 0.6 is 0 Å². The summed E-state index contributed by atoms with van der Waals surface area (Å²) in [5.74, 6) is 0. The Morgan fingerprint density at radius 3 is 1.08 bits per heavy atom. The predicted molar refractivity (Wildman–Crippen MR) is 114 cm³/mol. The molecule has 0 heterocycles. The lowest BCUT2D eigenvalue weighted by Gasteiger charge is -2.30. The van der Waals surface area contributed by atoms with Gasteiger partial charge in [-0.2, -0.15) is 0 Å². The monoisotopic (exact) mass is 372 g/mol. The average molecular weight is 373 g/mol. The quantitative estimate of drug-likeness (QED) is 0.374. The van der Waals surface area contributed by atoms with E-state index in [1.807, 2.05) is 13.8 Å². The zero-order valence-corrected chi connectivity index (χ0v) is 18.7. The molecular weight excluding hydrogens is 324 g/mol. The van der Waals surface area contributed by atoms with Crippen LogP contribution in [0.5, 0.6) is 0 Å². The predicted octanol–water partition coefficient (Wildman–Crippen LogP) is 4.29. The van der Waals surface area contributed by atoms with E-state index in [1.165, 1.54) is 25.7 Å². The number of nitrogens with zero attached hydrogens (tertiary/aromatic N) is 2. The van der Waals surface area contributed by atoms with Crippen molar-refractivity contribution >= 4 is 0 Å². The summed E-state index contributed by atoms with van der Waals surface area (Å²) >= 11 is 0. The van der Waals surface area contributed by atoms with Gasteiger partial charge in [0.05, 0.1) is 11.2 Å². The van der Waals surface area contributed by atoms with Crippen LogP contribution in [0.2, 0.25) is 0 Å². The molecule has 2 unspecified atom stereocenters. The highest BCUT2D eigenvalue weighted by Crippen LogP contribution is 2.19. The van der Waals surface area contributed by atoms with Crippen LogP contribution in [0.15, 0.2) is 0 Å². The molecule has 0 aliphatic rings. The molecule has 0 aromatic rings. The van der Waals surface area contributed by atoms with Crippen LogP contribution in [0.3, 0.4) is 0 Å². The SMILES string of the molecule is CCN(CC)CC(C)(O)CCCCCCCCC(C)(O)CN(CC)CC. The van der Waals surface area contributed by atoms with Crippen LogP contribution in [0.4, 0.5) is 0 Å². The lowest BCUT2D eigenvalue weighted by Crippen LogP contribution is -2.40. The van der Waals surface area contributed by atoms with Crippen molar-refractivity contribution in [1.29, 1.82) is 0 Å². The van der Waals surface area contributed by atoms with Gasteiger partial charge in [0.2, 0.25) is 0 Å². The van der Waals surface area contributed by atoms with E-state index < -0.39 is 11.2 Å². The van der Waals surface area contributed by atoms with Crippen LogP contribution in [0, 0.1) is 0 Å². The van der Waals surface area contributed by atoms with Gasteiger partial charge in [-0.25, -0.2) is 0 Å². The number of unbranched alkanes of at least 4 members (excludes halogenated alkanes) is 5. The van der Waals surface area contributed by atoms with Gasteiger partial charge in [0.1, 0.15) is 0 Å². The normalized spacial score (nSPS) is 16.8. The third-order valence-corrected chi connectivity index (χ3v) is 5.60. The van der Waals surface area contributed by atoms with Gasteiger partial charge in [-0.3, -0.25) is 0 Å². The fourth-order valence-electron chi connectivity index (χ4n) is 3.73. The van der Waals surface area contributed by atoms with Crippen LogP contribution in [0.25, 0.3) is 0 Å². The Bertz CT molecular complexity index is 292. The molecule has 0 amide bonds. The van der Waals surface area contributed by atoms with Gasteiger partial charge in [-0.05, 0) is 52.9 Å². The standard InChI is InChI=1S/C22H48N2O2/c1-7-23(8-2)19-21(5,25)17-15-13-11-12-14-16-18-22(6,26)20-24(9-3)10-4/h25-26H,7-20H2,1-6H3. The summed E-state index contributed by atoms with van der Waals surface area (Å²) in [4.78, 5) is 4.59. The maximum Gasteiger partial charge on any atom is 0.0746 e. The van der Waals surface area contributed by atoms with Gasteiger partial charge in [-0.1, -0.05) is 66.2 Å². The molecule has 158 valence electrons. The number of hydrogen-bond acceptors (Lipinski definition) is 4. The second-order valence-corrected chi connectivity index (χ2v) is 8.54. The van der Waals surface area contributed by atoms with Crippen molar-refractivity contribution in [2.24, 2.45) is 0 Å². The van der Waals surface area contributed by atoms with Crippen molar-refractivity contribution in [3.63, 3.8) is 0 Å². The second-order valence-electron chi connectivity index (χ2n) is 8.54. The van der Waals surface area contributed by atoms with E-state index in [0.717, 1.165) is 65.0 Å². The molecule has 0 spiro atoms. The Balaban J connectivity index is 3.75. The Morgan fingerprint density at radius 1 is 0.538 bits per heavy atom. The largest absolute Gasteiger partial charge is 0.389 e. The van der Waals surface area contributed by atoms with Gasteiger partial charge in [0, 0.05) is 13.1 Å². The number of rotatable bonds is 17. The molecule has 0 aromatic carbocycles. The minimum Gasteiger partial charge on any atom is -0.389 e. The molecule has 0 aromatic heterocycles. The van der Waals surface area contributed by atoms with Crippen molar-refractivity contribution in [2.45, 2.75) is 104 Å². The second kappa shape index (κ2) is 13.9. The van der Waals surface area contributed by atoms with Gasteiger partial charge in [0.15, 0.2) is 0 Å². The number of aliphatic hydroxyl groups is 2. The molecule has 26 heavy (non-hydrogen) atoms. The molecule has 0 radical (unpaired) electrons. The summed E-state index contributed by atoms with van der Waals surface area (Å²) < 4.78 is 0. The van der Waals surface area contributed by atoms with Gasteiger partial charge >= 0.3 is 0 Å². The maximum atomic E-state index is 10.5. The van der Waals surface area contributed by atoms with Crippen LogP contribution in [0.1, 0.15) is 92.9 Å². The van der Waals surface area contributed by atoms with Gasteiger partial charge < -0.3 is 20.0 Å².